The number of piperidine rings is 1. The van der Waals surface area contributed by atoms with E-state index >= 15 is 0 Å². The molecular formula is C17H26N2O2. The van der Waals surface area contributed by atoms with Gasteiger partial charge in [-0.25, -0.2) is 0 Å². The predicted octanol–water partition coefficient (Wildman–Crippen LogP) is 2.81. The van der Waals surface area contributed by atoms with Gasteiger partial charge in [0.05, 0.1) is 13.2 Å². The second-order valence-corrected chi connectivity index (χ2v) is 6.00. The fourth-order valence-electron chi connectivity index (χ4n) is 3.36. The zero-order valence-electron chi connectivity index (χ0n) is 13.1. The van der Waals surface area contributed by atoms with Gasteiger partial charge < -0.3 is 19.7 Å². The molecule has 21 heavy (non-hydrogen) atoms. The van der Waals surface area contributed by atoms with Crippen LogP contribution in [0.1, 0.15) is 33.1 Å². The highest BCUT2D eigenvalue weighted by atomic mass is 16.5. The molecule has 2 atom stereocenters. The van der Waals surface area contributed by atoms with Crippen LogP contribution < -0.4 is 19.7 Å². The number of rotatable bonds is 3. The Morgan fingerprint density at radius 1 is 1.24 bits per heavy atom. The number of benzene rings is 1. The Morgan fingerprint density at radius 3 is 2.81 bits per heavy atom. The van der Waals surface area contributed by atoms with Crippen LogP contribution in [0.4, 0.5) is 5.69 Å². The van der Waals surface area contributed by atoms with Crippen molar-refractivity contribution in [2.45, 2.75) is 45.2 Å². The third-order valence-corrected chi connectivity index (χ3v) is 4.43. The van der Waals surface area contributed by atoms with Crippen molar-refractivity contribution < 1.29 is 9.47 Å². The Labute approximate surface area is 127 Å². The van der Waals surface area contributed by atoms with Crippen LogP contribution in [0.5, 0.6) is 11.5 Å². The van der Waals surface area contributed by atoms with Crippen LogP contribution in [-0.2, 0) is 0 Å². The number of fused-ring (bicyclic) bond motifs is 1. The summed E-state index contributed by atoms with van der Waals surface area (Å²) in [5.74, 6) is 1.78. The molecule has 2 heterocycles. The van der Waals surface area contributed by atoms with Crippen molar-refractivity contribution in [2.24, 2.45) is 0 Å². The monoisotopic (exact) mass is 290 g/mol. The number of ether oxygens (including phenoxy) is 2. The third-order valence-electron chi connectivity index (χ3n) is 4.43. The van der Waals surface area contributed by atoms with Gasteiger partial charge in [0.15, 0.2) is 11.5 Å². The molecule has 1 aromatic rings. The fourth-order valence-corrected chi connectivity index (χ4v) is 3.36. The molecule has 1 fully saturated rings. The predicted molar refractivity (Wildman–Crippen MR) is 85.6 cm³/mol. The minimum absolute atomic E-state index is 0.549. The van der Waals surface area contributed by atoms with E-state index in [4.69, 9.17) is 9.47 Å². The molecule has 0 amide bonds. The topological polar surface area (TPSA) is 33.7 Å². The molecule has 4 heteroatoms. The Morgan fingerprint density at radius 2 is 2.05 bits per heavy atom. The molecule has 0 aliphatic carbocycles. The number of hydrogen-bond acceptors (Lipinski definition) is 4. The molecule has 1 saturated heterocycles. The molecule has 1 N–H and O–H groups in total. The lowest BCUT2D eigenvalue weighted by atomic mass is 9.97. The molecule has 2 aliphatic rings. The fraction of sp³-hybridized carbons (Fsp3) is 0.647. The first-order valence-corrected chi connectivity index (χ1v) is 8.17. The van der Waals surface area contributed by atoms with Crippen molar-refractivity contribution in [2.75, 3.05) is 31.2 Å². The first-order chi connectivity index (χ1) is 10.3. The minimum Gasteiger partial charge on any atom is -0.490 e. The van der Waals surface area contributed by atoms with Crippen LogP contribution in [0.2, 0.25) is 0 Å². The van der Waals surface area contributed by atoms with Crippen molar-refractivity contribution in [3.8, 4) is 11.5 Å². The van der Waals surface area contributed by atoms with E-state index in [0.717, 1.165) is 44.2 Å². The normalized spacial score (nSPS) is 25.5. The first kappa shape index (κ1) is 14.5. The van der Waals surface area contributed by atoms with E-state index in [1.807, 2.05) is 0 Å². The summed E-state index contributed by atoms with van der Waals surface area (Å²) in [6.07, 6.45) is 3.35. The zero-order valence-corrected chi connectivity index (χ0v) is 13.1. The summed E-state index contributed by atoms with van der Waals surface area (Å²) in [6, 6.07) is 7.57. The van der Waals surface area contributed by atoms with Gasteiger partial charge >= 0.3 is 0 Å². The van der Waals surface area contributed by atoms with Crippen LogP contribution in [0, 0.1) is 0 Å². The summed E-state index contributed by atoms with van der Waals surface area (Å²) in [6.45, 7) is 8.14. The minimum atomic E-state index is 0.549. The molecule has 116 valence electrons. The molecule has 2 unspecified atom stereocenters. The standard InChI is InChI=1S/C17H26N2O2/c1-3-18-14-7-8-19(13(2)11-14)15-5-6-16-17(12-15)21-10-4-9-20-16/h5-6,12-14,18H,3-4,7-11H2,1-2H3. The van der Waals surface area contributed by atoms with Gasteiger partial charge in [0, 0.05) is 36.8 Å². The van der Waals surface area contributed by atoms with Crippen LogP contribution in [-0.4, -0.2) is 38.4 Å². The summed E-state index contributed by atoms with van der Waals surface area (Å²) in [5.41, 5.74) is 1.25. The van der Waals surface area contributed by atoms with Gasteiger partial charge in [0.25, 0.3) is 0 Å². The van der Waals surface area contributed by atoms with Crippen molar-refractivity contribution in [3.05, 3.63) is 18.2 Å². The number of nitrogens with zero attached hydrogens (tertiary/aromatic N) is 1. The smallest absolute Gasteiger partial charge is 0.163 e. The summed E-state index contributed by atoms with van der Waals surface area (Å²) in [7, 11) is 0. The summed E-state index contributed by atoms with van der Waals surface area (Å²) >= 11 is 0. The van der Waals surface area contributed by atoms with Gasteiger partial charge in [-0.05, 0) is 38.4 Å². The van der Waals surface area contributed by atoms with E-state index < -0.39 is 0 Å². The maximum Gasteiger partial charge on any atom is 0.163 e. The molecule has 4 nitrogen and oxygen atoms in total. The molecule has 0 radical (unpaired) electrons. The Kier molecular flexibility index (Phi) is 4.54. The second kappa shape index (κ2) is 6.56. The van der Waals surface area contributed by atoms with Crippen molar-refractivity contribution in [1.29, 1.82) is 0 Å². The Hall–Kier alpha value is -1.42. The molecule has 0 bridgehead atoms. The highest BCUT2D eigenvalue weighted by molar-refractivity contribution is 5.57. The van der Waals surface area contributed by atoms with Gasteiger partial charge in [0.2, 0.25) is 0 Å². The van der Waals surface area contributed by atoms with Gasteiger partial charge in [-0.1, -0.05) is 6.92 Å². The van der Waals surface area contributed by atoms with Gasteiger partial charge in [-0.15, -0.1) is 0 Å². The van der Waals surface area contributed by atoms with E-state index in [1.54, 1.807) is 0 Å². The average Bonchev–Trinajstić information content (AvgIpc) is 2.72. The SMILES string of the molecule is CCNC1CCN(c2ccc3c(c2)OCCCO3)C(C)C1. The lowest BCUT2D eigenvalue weighted by Crippen LogP contribution is -2.47. The van der Waals surface area contributed by atoms with Gasteiger partial charge in [0.1, 0.15) is 0 Å². The largest absolute Gasteiger partial charge is 0.490 e. The lowest BCUT2D eigenvalue weighted by Gasteiger charge is -2.39. The molecule has 3 rings (SSSR count). The summed E-state index contributed by atoms with van der Waals surface area (Å²) < 4.78 is 11.5. The number of hydrogen-bond donors (Lipinski definition) is 1. The maximum atomic E-state index is 5.81. The Balaban J connectivity index is 1.73. The average molecular weight is 290 g/mol. The van der Waals surface area contributed by atoms with E-state index in [9.17, 15) is 0 Å². The highest BCUT2D eigenvalue weighted by Gasteiger charge is 2.25. The molecule has 0 saturated carbocycles. The Bertz CT molecular complexity index is 478. The molecular weight excluding hydrogens is 264 g/mol. The van der Waals surface area contributed by atoms with Crippen molar-refractivity contribution in [1.82, 2.24) is 5.32 Å². The van der Waals surface area contributed by atoms with Crippen molar-refractivity contribution in [3.63, 3.8) is 0 Å². The highest BCUT2D eigenvalue weighted by Crippen LogP contribution is 2.35. The van der Waals surface area contributed by atoms with Crippen LogP contribution in [0.15, 0.2) is 18.2 Å². The zero-order chi connectivity index (χ0) is 14.7. The lowest BCUT2D eigenvalue weighted by molar-refractivity contribution is 0.297. The van der Waals surface area contributed by atoms with E-state index in [-0.39, 0.29) is 0 Å². The van der Waals surface area contributed by atoms with Crippen LogP contribution in [0.3, 0.4) is 0 Å². The van der Waals surface area contributed by atoms with E-state index in [2.05, 4.69) is 42.3 Å². The number of nitrogens with one attached hydrogen (secondary N) is 1. The summed E-state index contributed by atoms with van der Waals surface area (Å²) in [5, 5.41) is 3.57. The summed E-state index contributed by atoms with van der Waals surface area (Å²) in [4.78, 5) is 2.49. The van der Waals surface area contributed by atoms with Crippen LogP contribution in [0.25, 0.3) is 0 Å². The van der Waals surface area contributed by atoms with Gasteiger partial charge in [-0.2, -0.15) is 0 Å². The maximum absolute atomic E-state index is 5.81. The molecule has 2 aliphatic heterocycles. The molecule has 0 aromatic heterocycles. The van der Waals surface area contributed by atoms with Gasteiger partial charge in [-0.3, -0.25) is 0 Å². The van der Waals surface area contributed by atoms with Crippen LogP contribution >= 0.6 is 0 Å². The molecule has 0 spiro atoms. The van der Waals surface area contributed by atoms with Crippen molar-refractivity contribution >= 4 is 5.69 Å². The molecule has 1 aromatic carbocycles. The van der Waals surface area contributed by atoms with E-state index in [1.165, 1.54) is 18.5 Å². The third kappa shape index (κ3) is 3.26. The first-order valence-electron chi connectivity index (χ1n) is 8.17. The second-order valence-electron chi connectivity index (χ2n) is 6.00. The number of anilines is 1. The van der Waals surface area contributed by atoms with E-state index in [0.29, 0.717) is 12.1 Å². The quantitative estimate of drug-likeness (QED) is 0.928.